The maximum Gasteiger partial charge on any atom is 0.338 e. The van der Waals surface area contributed by atoms with Crippen molar-refractivity contribution in [3.05, 3.63) is 35.9 Å². The molecule has 0 atom stereocenters. The van der Waals surface area contributed by atoms with E-state index in [1.165, 1.54) is 21.3 Å². The van der Waals surface area contributed by atoms with Crippen LogP contribution in [0.15, 0.2) is 30.3 Å². The fourth-order valence-corrected chi connectivity index (χ4v) is 1.24. The van der Waals surface area contributed by atoms with Crippen LogP contribution in [0.2, 0.25) is 0 Å². The van der Waals surface area contributed by atoms with Crippen LogP contribution in [0.3, 0.4) is 0 Å². The van der Waals surface area contributed by atoms with Crippen LogP contribution in [0.1, 0.15) is 10.4 Å². The lowest BCUT2D eigenvalue weighted by Gasteiger charge is -2.27. The highest BCUT2D eigenvalue weighted by molar-refractivity contribution is 5.89. The van der Waals surface area contributed by atoms with Gasteiger partial charge in [-0.05, 0) is 12.1 Å². The summed E-state index contributed by atoms with van der Waals surface area (Å²) in [6, 6.07) is 8.66. The maximum atomic E-state index is 11.7. The summed E-state index contributed by atoms with van der Waals surface area (Å²) in [7, 11) is 4.22. The zero-order valence-corrected chi connectivity index (χ0v) is 10.1. The van der Waals surface area contributed by atoms with E-state index in [0.29, 0.717) is 5.56 Å². The Bertz CT molecular complexity index is 337. The van der Waals surface area contributed by atoms with Crippen LogP contribution in [-0.2, 0) is 18.9 Å². The molecular weight excluding hydrogens is 224 g/mol. The SMILES string of the molecule is COC(COC(=O)c1ccccc1)(OC)OC. The molecule has 0 aliphatic carbocycles. The molecule has 0 fully saturated rings. The first-order valence-electron chi connectivity index (χ1n) is 5.05. The monoisotopic (exact) mass is 240 g/mol. The summed E-state index contributed by atoms with van der Waals surface area (Å²) < 4.78 is 20.1. The number of esters is 1. The first-order valence-corrected chi connectivity index (χ1v) is 5.05. The van der Waals surface area contributed by atoms with Crippen molar-refractivity contribution in [3.8, 4) is 0 Å². The Balaban J connectivity index is 2.59. The number of rotatable bonds is 6. The molecule has 0 aromatic heterocycles. The van der Waals surface area contributed by atoms with Gasteiger partial charge in [-0.2, -0.15) is 0 Å². The number of carbonyl (C=O) groups excluding carboxylic acids is 1. The van der Waals surface area contributed by atoms with Gasteiger partial charge in [0.1, 0.15) is 0 Å². The zero-order valence-electron chi connectivity index (χ0n) is 10.1. The van der Waals surface area contributed by atoms with Gasteiger partial charge in [0.15, 0.2) is 6.61 Å². The highest BCUT2D eigenvalue weighted by Crippen LogP contribution is 2.13. The first kappa shape index (κ1) is 13.6. The molecule has 0 saturated carbocycles. The predicted octanol–water partition coefficient (Wildman–Crippen LogP) is 1.44. The smallest absolute Gasteiger partial charge is 0.338 e. The summed E-state index contributed by atoms with van der Waals surface area (Å²) in [5.74, 6) is -1.81. The Labute approximate surface area is 100 Å². The van der Waals surface area contributed by atoms with Gasteiger partial charge in [0.2, 0.25) is 0 Å². The number of ether oxygens (including phenoxy) is 4. The molecule has 0 heterocycles. The van der Waals surface area contributed by atoms with Crippen LogP contribution < -0.4 is 0 Å². The Morgan fingerprint density at radius 3 is 2.06 bits per heavy atom. The maximum absolute atomic E-state index is 11.7. The minimum atomic E-state index is -1.36. The molecule has 5 nitrogen and oxygen atoms in total. The molecule has 0 aliphatic rings. The van der Waals surface area contributed by atoms with Crippen LogP contribution in [-0.4, -0.2) is 39.9 Å². The third-order valence-electron chi connectivity index (χ3n) is 2.32. The van der Waals surface area contributed by atoms with Crippen LogP contribution in [0.4, 0.5) is 0 Å². The molecule has 94 valence electrons. The second-order valence-corrected chi connectivity index (χ2v) is 3.24. The van der Waals surface area contributed by atoms with E-state index in [1.54, 1.807) is 24.3 Å². The molecule has 17 heavy (non-hydrogen) atoms. The summed E-state index contributed by atoms with van der Waals surface area (Å²) in [6.45, 7) is -0.149. The third-order valence-corrected chi connectivity index (χ3v) is 2.32. The summed E-state index contributed by atoms with van der Waals surface area (Å²) >= 11 is 0. The number of hydrogen-bond donors (Lipinski definition) is 0. The van der Waals surface area contributed by atoms with Crippen LogP contribution in [0.5, 0.6) is 0 Å². The lowest BCUT2D eigenvalue weighted by atomic mass is 10.2. The third kappa shape index (κ3) is 3.52. The van der Waals surface area contributed by atoms with Gasteiger partial charge in [-0.3, -0.25) is 0 Å². The molecule has 0 saturated heterocycles. The van der Waals surface area contributed by atoms with Crippen molar-refractivity contribution >= 4 is 5.97 Å². The Kier molecular flexibility index (Phi) is 5.09. The van der Waals surface area contributed by atoms with Crippen LogP contribution in [0.25, 0.3) is 0 Å². The average Bonchev–Trinajstić information content (AvgIpc) is 2.41. The fourth-order valence-electron chi connectivity index (χ4n) is 1.24. The van der Waals surface area contributed by atoms with Gasteiger partial charge in [-0.15, -0.1) is 0 Å². The second-order valence-electron chi connectivity index (χ2n) is 3.24. The van der Waals surface area contributed by atoms with E-state index in [1.807, 2.05) is 6.07 Å². The molecule has 0 bridgehead atoms. The fraction of sp³-hybridized carbons (Fsp3) is 0.417. The van der Waals surface area contributed by atoms with Crippen LogP contribution >= 0.6 is 0 Å². The molecule has 0 spiro atoms. The molecule has 0 amide bonds. The van der Waals surface area contributed by atoms with Crippen molar-refractivity contribution in [1.82, 2.24) is 0 Å². The average molecular weight is 240 g/mol. The molecule has 0 unspecified atom stereocenters. The van der Waals surface area contributed by atoms with Crippen molar-refractivity contribution in [3.63, 3.8) is 0 Å². The Hall–Kier alpha value is -1.43. The van der Waals surface area contributed by atoms with Gasteiger partial charge in [-0.25, -0.2) is 4.79 Å². The first-order chi connectivity index (χ1) is 8.17. The number of hydrogen-bond acceptors (Lipinski definition) is 5. The van der Waals surface area contributed by atoms with Gasteiger partial charge in [-0.1, -0.05) is 18.2 Å². The summed E-state index contributed by atoms with van der Waals surface area (Å²) in [5, 5.41) is 0. The molecule has 5 heteroatoms. The molecule has 1 rings (SSSR count). The molecule has 0 radical (unpaired) electrons. The number of carbonyl (C=O) groups is 1. The van der Waals surface area contributed by atoms with E-state index in [-0.39, 0.29) is 6.61 Å². The molecule has 0 aliphatic heterocycles. The van der Waals surface area contributed by atoms with Gasteiger partial charge in [0.25, 0.3) is 0 Å². The minimum Gasteiger partial charge on any atom is -0.453 e. The van der Waals surface area contributed by atoms with Gasteiger partial charge >= 0.3 is 11.9 Å². The van der Waals surface area contributed by atoms with Crippen LogP contribution in [0, 0.1) is 0 Å². The van der Waals surface area contributed by atoms with E-state index >= 15 is 0 Å². The summed E-state index contributed by atoms with van der Waals surface area (Å²) in [5.41, 5.74) is 0.463. The summed E-state index contributed by atoms with van der Waals surface area (Å²) in [4.78, 5) is 11.7. The Morgan fingerprint density at radius 2 is 1.59 bits per heavy atom. The second kappa shape index (κ2) is 6.34. The van der Waals surface area contributed by atoms with E-state index in [2.05, 4.69) is 0 Å². The standard InChI is InChI=1S/C12H16O5/c1-14-12(15-2,16-3)9-17-11(13)10-7-5-4-6-8-10/h4-8H,9H2,1-3H3. The lowest BCUT2D eigenvalue weighted by Crippen LogP contribution is -2.41. The number of methoxy groups -OCH3 is 3. The highest BCUT2D eigenvalue weighted by Gasteiger charge is 2.31. The van der Waals surface area contributed by atoms with Crippen molar-refractivity contribution in [2.24, 2.45) is 0 Å². The van der Waals surface area contributed by atoms with Gasteiger partial charge in [0, 0.05) is 21.3 Å². The van der Waals surface area contributed by atoms with Crippen molar-refractivity contribution in [2.45, 2.75) is 5.97 Å². The highest BCUT2D eigenvalue weighted by atomic mass is 16.9. The van der Waals surface area contributed by atoms with Gasteiger partial charge in [0.05, 0.1) is 5.56 Å². The zero-order chi connectivity index (χ0) is 12.7. The van der Waals surface area contributed by atoms with Crippen molar-refractivity contribution in [2.75, 3.05) is 27.9 Å². The molecule has 0 N–H and O–H groups in total. The van der Waals surface area contributed by atoms with Crippen molar-refractivity contribution < 1.29 is 23.7 Å². The quantitative estimate of drug-likeness (QED) is 0.556. The minimum absolute atomic E-state index is 0.149. The Morgan fingerprint density at radius 1 is 1.06 bits per heavy atom. The topological polar surface area (TPSA) is 54.0 Å². The van der Waals surface area contributed by atoms with Gasteiger partial charge < -0.3 is 18.9 Å². The van der Waals surface area contributed by atoms with E-state index in [9.17, 15) is 4.79 Å². The van der Waals surface area contributed by atoms with E-state index in [4.69, 9.17) is 18.9 Å². The summed E-state index contributed by atoms with van der Waals surface area (Å²) in [6.07, 6.45) is 0. The van der Waals surface area contributed by atoms with E-state index < -0.39 is 11.9 Å². The van der Waals surface area contributed by atoms with E-state index in [0.717, 1.165) is 0 Å². The molecule has 1 aromatic carbocycles. The van der Waals surface area contributed by atoms with Crippen molar-refractivity contribution in [1.29, 1.82) is 0 Å². The molecule has 1 aromatic rings. The molecular formula is C12H16O5. The number of benzene rings is 1. The lowest BCUT2D eigenvalue weighted by molar-refractivity contribution is -0.363. The normalized spacial score (nSPS) is 11.2. The largest absolute Gasteiger partial charge is 0.453 e. The predicted molar refractivity (Wildman–Crippen MR) is 60.5 cm³/mol.